The van der Waals surface area contributed by atoms with Gasteiger partial charge in [0, 0.05) is 31.5 Å². The lowest BCUT2D eigenvalue weighted by atomic mass is 9.99. The van der Waals surface area contributed by atoms with Crippen molar-refractivity contribution in [1.82, 2.24) is 4.90 Å². The molecule has 2 aliphatic rings. The number of nitrogens with one attached hydrogen (secondary N) is 1. The number of piperidine rings is 1. The number of likely N-dealkylation sites (N-methyl/N-ethyl adjacent to an activating group) is 1. The number of ether oxygens (including phenoxy) is 1. The van der Waals surface area contributed by atoms with E-state index >= 15 is 0 Å². The highest BCUT2D eigenvalue weighted by Crippen LogP contribution is 2.31. The molecule has 0 aliphatic carbocycles. The lowest BCUT2D eigenvalue weighted by Crippen LogP contribution is -2.32. The maximum absolute atomic E-state index is 12.8. The van der Waals surface area contributed by atoms with Gasteiger partial charge < -0.3 is 15.0 Å². The van der Waals surface area contributed by atoms with Gasteiger partial charge in [-0.2, -0.15) is 0 Å². The Morgan fingerprint density at radius 1 is 0.938 bits per heavy atom. The third kappa shape index (κ3) is 4.49. The van der Waals surface area contributed by atoms with E-state index in [1.165, 1.54) is 25.6 Å². The summed E-state index contributed by atoms with van der Waals surface area (Å²) < 4.78 is 5.69. The first kappa shape index (κ1) is 21.9. The lowest BCUT2D eigenvalue weighted by molar-refractivity contribution is -0.135. The van der Waals surface area contributed by atoms with E-state index in [-0.39, 0.29) is 17.9 Å². The lowest BCUT2D eigenvalue weighted by Gasteiger charge is -2.32. The Kier molecular flexibility index (Phi) is 6.21. The SMILES string of the molecule is CC1CCN(c2ccc(NC3=C(c4ccc(OC(C)C)cc4)C(=O)N(C)C3=O)cc2)CC1. The van der Waals surface area contributed by atoms with E-state index < -0.39 is 0 Å². The van der Waals surface area contributed by atoms with Crippen LogP contribution in [0.25, 0.3) is 5.57 Å². The van der Waals surface area contributed by atoms with Crippen LogP contribution in [0.1, 0.15) is 39.2 Å². The monoisotopic (exact) mass is 433 g/mol. The molecule has 6 heteroatoms. The first-order chi connectivity index (χ1) is 15.3. The molecule has 2 heterocycles. The number of carbonyl (C=O) groups excluding carboxylic acids is 2. The summed E-state index contributed by atoms with van der Waals surface area (Å²) in [6, 6.07) is 15.4. The van der Waals surface area contributed by atoms with Gasteiger partial charge in [-0.05, 0) is 74.6 Å². The first-order valence-electron chi connectivity index (χ1n) is 11.3. The van der Waals surface area contributed by atoms with E-state index in [4.69, 9.17) is 4.74 Å². The van der Waals surface area contributed by atoms with Crippen molar-refractivity contribution in [3.63, 3.8) is 0 Å². The highest BCUT2D eigenvalue weighted by atomic mass is 16.5. The fourth-order valence-corrected chi connectivity index (χ4v) is 4.16. The number of amides is 2. The van der Waals surface area contributed by atoms with Crippen LogP contribution in [0.4, 0.5) is 11.4 Å². The maximum Gasteiger partial charge on any atom is 0.277 e. The number of anilines is 2. The van der Waals surface area contributed by atoms with Crippen molar-refractivity contribution in [2.45, 2.75) is 39.7 Å². The molecular weight excluding hydrogens is 402 g/mol. The summed E-state index contributed by atoms with van der Waals surface area (Å²) in [5, 5.41) is 3.20. The highest BCUT2D eigenvalue weighted by Gasteiger charge is 2.36. The standard InChI is InChI=1S/C26H31N3O3/c1-17(2)32-22-11-5-19(6-12-22)23-24(26(31)28(4)25(23)30)27-20-7-9-21(10-8-20)29-15-13-18(3)14-16-29/h5-12,17-18,27H,13-16H2,1-4H3. The number of benzene rings is 2. The van der Waals surface area contributed by atoms with Gasteiger partial charge in [0.05, 0.1) is 11.7 Å². The molecule has 0 saturated carbocycles. The first-order valence-corrected chi connectivity index (χ1v) is 11.3. The normalized spacial score (nSPS) is 17.5. The molecule has 0 atom stereocenters. The zero-order valence-corrected chi connectivity index (χ0v) is 19.2. The number of carbonyl (C=O) groups is 2. The van der Waals surface area contributed by atoms with Crippen molar-refractivity contribution in [2.24, 2.45) is 5.92 Å². The fourth-order valence-electron chi connectivity index (χ4n) is 4.16. The largest absolute Gasteiger partial charge is 0.491 e. The summed E-state index contributed by atoms with van der Waals surface area (Å²) in [4.78, 5) is 29.2. The van der Waals surface area contributed by atoms with Crippen molar-refractivity contribution in [3.8, 4) is 5.75 Å². The molecule has 168 valence electrons. The Morgan fingerprint density at radius 2 is 1.56 bits per heavy atom. The Hall–Kier alpha value is -3.28. The Morgan fingerprint density at radius 3 is 2.16 bits per heavy atom. The summed E-state index contributed by atoms with van der Waals surface area (Å²) in [5.41, 5.74) is 3.33. The van der Waals surface area contributed by atoms with E-state index in [1.54, 1.807) is 0 Å². The van der Waals surface area contributed by atoms with E-state index in [1.807, 2.05) is 50.2 Å². The molecule has 1 N–H and O–H groups in total. The predicted molar refractivity (Wildman–Crippen MR) is 128 cm³/mol. The third-order valence-corrected chi connectivity index (χ3v) is 6.09. The number of nitrogens with zero attached hydrogens (tertiary/aromatic N) is 2. The zero-order valence-electron chi connectivity index (χ0n) is 19.2. The average molecular weight is 434 g/mol. The molecule has 1 fully saturated rings. The molecule has 0 bridgehead atoms. The maximum atomic E-state index is 12.8. The molecule has 2 aromatic rings. The van der Waals surface area contributed by atoms with Crippen LogP contribution in [0.3, 0.4) is 0 Å². The van der Waals surface area contributed by atoms with E-state index in [2.05, 4.69) is 29.3 Å². The molecule has 32 heavy (non-hydrogen) atoms. The molecule has 2 aliphatic heterocycles. The second-order valence-electron chi connectivity index (χ2n) is 8.95. The zero-order chi connectivity index (χ0) is 22.8. The smallest absolute Gasteiger partial charge is 0.277 e. The average Bonchev–Trinajstić information content (AvgIpc) is 2.99. The van der Waals surface area contributed by atoms with E-state index in [0.717, 1.165) is 35.3 Å². The molecule has 4 rings (SSSR count). The van der Waals surface area contributed by atoms with Crippen molar-refractivity contribution in [3.05, 3.63) is 59.8 Å². The van der Waals surface area contributed by atoms with Gasteiger partial charge in [-0.15, -0.1) is 0 Å². The van der Waals surface area contributed by atoms with Crippen LogP contribution in [0.5, 0.6) is 5.75 Å². The van der Waals surface area contributed by atoms with E-state index in [0.29, 0.717) is 16.8 Å². The van der Waals surface area contributed by atoms with Gasteiger partial charge in [-0.3, -0.25) is 14.5 Å². The van der Waals surface area contributed by atoms with Crippen LogP contribution in [0.15, 0.2) is 54.2 Å². The number of imide groups is 1. The molecular formula is C26H31N3O3. The molecule has 2 aromatic carbocycles. The van der Waals surface area contributed by atoms with Gasteiger partial charge in [-0.25, -0.2) is 0 Å². The predicted octanol–water partition coefficient (Wildman–Crippen LogP) is 4.53. The van der Waals surface area contributed by atoms with Crippen LogP contribution in [0, 0.1) is 5.92 Å². The van der Waals surface area contributed by atoms with Gasteiger partial charge in [0.25, 0.3) is 11.8 Å². The second kappa shape index (κ2) is 9.07. The second-order valence-corrected chi connectivity index (χ2v) is 8.95. The Balaban J connectivity index is 1.57. The Bertz CT molecular complexity index is 1020. The topological polar surface area (TPSA) is 61.9 Å². The highest BCUT2D eigenvalue weighted by molar-refractivity contribution is 6.36. The molecule has 6 nitrogen and oxygen atoms in total. The van der Waals surface area contributed by atoms with Gasteiger partial charge in [0.1, 0.15) is 11.4 Å². The van der Waals surface area contributed by atoms with Crippen molar-refractivity contribution in [1.29, 1.82) is 0 Å². The molecule has 0 spiro atoms. The van der Waals surface area contributed by atoms with E-state index in [9.17, 15) is 9.59 Å². The van der Waals surface area contributed by atoms with Crippen LogP contribution < -0.4 is 15.0 Å². The van der Waals surface area contributed by atoms with Crippen molar-refractivity contribution < 1.29 is 14.3 Å². The number of hydrogen-bond donors (Lipinski definition) is 1. The van der Waals surface area contributed by atoms with Gasteiger partial charge in [0.15, 0.2) is 0 Å². The molecule has 0 radical (unpaired) electrons. The third-order valence-electron chi connectivity index (χ3n) is 6.09. The summed E-state index contributed by atoms with van der Waals surface area (Å²) >= 11 is 0. The summed E-state index contributed by atoms with van der Waals surface area (Å²) in [7, 11) is 1.51. The van der Waals surface area contributed by atoms with Gasteiger partial charge in [0.2, 0.25) is 0 Å². The van der Waals surface area contributed by atoms with Crippen LogP contribution in [-0.4, -0.2) is 43.0 Å². The molecule has 0 unspecified atom stereocenters. The van der Waals surface area contributed by atoms with Gasteiger partial charge >= 0.3 is 0 Å². The van der Waals surface area contributed by atoms with Crippen molar-refractivity contribution >= 4 is 28.8 Å². The van der Waals surface area contributed by atoms with Crippen LogP contribution >= 0.6 is 0 Å². The molecule has 2 amide bonds. The minimum Gasteiger partial charge on any atom is -0.491 e. The molecule has 0 aromatic heterocycles. The summed E-state index contributed by atoms with van der Waals surface area (Å²) in [6.45, 7) is 8.36. The quantitative estimate of drug-likeness (QED) is 0.678. The van der Waals surface area contributed by atoms with Gasteiger partial charge in [-0.1, -0.05) is 19.1 Å². The number of hydrogen-bond acceptors (Lipinski definition) is 5. The number of rotatable bonds is 6. The minimum atomic E-state index is -0.332. The van der Waals surface area contributed by atoms with Crippen LogP contribution in [0.2, 0.25) is 0 Å². The fraction of sp³-hybridized carbons (Fsp3) is 0.385. The Labute approximate surface area is 189 Å². The summed E-state index contributed by atoms with van der Waals surface area (Å²) in [5.74, 6) is 0.869. The van der Waals surface area contributed by atoms with Crippen LogP contribution in [-0.2, 0) is 9.59 Å². The summed E-state index contributed by atoms with van der Waals surface area (Å²) in [6.07, 6.45) is 2.48. The minimum absolute atomic E-state index is 0.0643. The molecule has 1 saturated heterocycles. The van der Waals surface area contributed by atoms with Crippen molar-refractivity contribution in [2.75, 3.05) is 30.4 Å².